The normalized spacial score (nSPS) is 21.3. The van der Waals surface area contributed by atoms with Crippen molar-refractivity contribution in [2.45, 2.75) is 24.7 Å². The van der Waals surface area contributed by atoms with Gasteiger partial charge in [0, 0.05) is 44.3 Å². The Morgan fingerprint density at radius 1 is 1.22 bits per heavy atom. The molecule has 0 bridgehead atoms. The summed E-state index contributed by atoms with van der Waals surface area (Å²) in [5.41, 5.74) is 0.880. The van der Waals surface area contributed by atoms with Crippen LogP contribution < -0.4 is 10.8 Å². The summed E-state index contributed by atoms with van der Waals surface area (Å²) in [4.78, 5) is 17.7. The number of alkyl halides is 3. The number of hydroxylamine groups is 1. The minimum absolute atomic E-state index is 0.0459. The van der Waals surface area contributed by atoms with Crippen LogP contribution in [0.1, 0.15) is 27.0 Å². The maximum absolute atomic E-state index is 14.3. The van der Waals surface area contributed by atoms with Crippen LogP contribution in [0, 0.1) is 6.92 Å². The fraction of sp³-hybridized carbons (Fsp3) is 0.286. The summed E-state index contributed by atoms with van der Waals surface area (Å²) in [5.74, 6) is 1.54. The van der Waals surface area contributed by atoms with Gasteiger partial charge in [-0.1, -0.05) is 29.3 Å². The number of halogens is 6. The Kier molecular flexibility index (Phi) is 6.50. The molecule has 170 valence electrons. The highest BCUT2D eigenvalue weighted by atomic mass is 79.9. The zero-order valence-corrected chi connectivity index (χ0v) is 20.4. The van der Waals surface area contributed by atoms with Crippen LogP contribution in [-0.4, -0.2) is 29.6 Å². The quantitative estimate of drug-likeness (QED) is 0.462. The Hall–Kier alpha value is -1.39. The van der Waals surface area contributed by atoms with E-state index in [0.29, 0.717) is 16.7 Å². The molecule has 1 saturated heterocycles. The zero-order valence-electron chi connectivity index (χ0n) is 16.4. The lowest BCUT2D eigenvalue weighted by Crippen LogP contribution is -2.44. The first-order chi connectivity index (χ1) is 15.0. The average molecular weight is 568 g/mol. The number of hydrogen-bond donors (Lipinski definition) is 2. The van der Waals surface area contributed by atoms with Crippen molar-refractivity contribution < 1.29 is 22.8 Å². The smallest absolute Gasteiger partial charge is 0.348 e. The van der Waals surface area contributed by atoms with Crippen molar-refractivity contribution >= 4 is 62.5 Å². The van der Waals surface area contributed by atoms with Gasteiger partial charge in [-0.3, -0.25) is 10.3 Å². The van der Waals surface area contributed by atoms with Crippen LogP contribution in [0.2, 0.25) is 10.0 Å². The standard InChI is InChI=1S/C21H16BrCl2F3N2O2S/c1-10-4-11(2-3-16(10)19(30)28-15-8-32-9-15)17-18(22)20(31-29-17,21(25,26)27)12-5-13(23)7-14(24)6-12/h2-7,15,29H,8-9H2,1H3,(H,28,30). The van der Waals surface area contributed by atoms with Crippen LogP contribution in [0.25, 0.3) is 5.70 Å². The topological polar surface area (TPSA) is 50.4 Å². The highest BCUT2D eigenvalue weighted by molar-refractivity contribution is 9.12. The van der Waals surface area contributed by atoms with Gasteiger partial charge in [0.2, 0.25) is 5.60 Å². The van der Waals surface area contributed by atoms with Gasteiger partial charge < -0.3 is 5.32 Å². The van der Waals surface area contributed by atoms with E-state index in [-0.39, 0.29) is 37.7 Å². The van der Waals surface area contributed by atoms with Gasteiger partial charge in [-0.15, -0.1) is 0 Å². The van der Waals surface area contributed by atoms with Gasteiger partial charge in [0.05, 0.1) is 10.2 Å². The minimum Gasteiger partial charge on any atom is -0.348 e. The number of amides is 1. The van der Waals surface area contributed by atoms with Crippen molar-refractivity contribution in [3.8, 4) is 0 Å². The third-order valence-corrected chi connectivity index (χ3v) is 7.90. The van der Waals surface area contributed by atoms with Gasteiger partial charge in [-0.25, -0.2) is 4.84 Å². The van der Waals surface area contributed by atoms with Crippen molar-refractivity contribution in [1.29, 1.82) is 0 Å². The van der Waals surface area contributed by atoms with Gasteiger partial charge in [0.25, 0.3) is 5.91 Å². The van der Waals surface area contributed by atoms with E-state index in [0.717, 1.165) is 23.6 Å². The second-order valence-corrected chi connectivity index (χ2v) is 10.2. The van der Waals surface area contributed by atoms with E-state index in [1.165, 1.54) is 6.07 Å². The summed E-state index contributed by atoms with van der Waals surface area (Å²) in [6.07, 6.45) is -4.84. The molecule has 4 nitrogen and oxygen atoms in total. The maximum atomic E-state index is 14.3. The highest BCUT2D eigenvalue weighted by Crippen LogP contribution is 2.54. The number of benzene rings is 2. The van der Waals surface area contributed by atoms with Crippen molar-refractivity contribution in [3.05, 3.63) is 73.2 Å². The molecule has 1 fully saturated rings. The van der Waals surface area contributed by atoms with Crippen LogP contribution >= 0.6 is 50.9 Å². The largest absolute Gasteiger partial charge is 0.429 e. The highest BCUT2D eigenvalue weighted by Gasteiger charge is 2.64. The lowest BCUT2D eigenvalue weighted by molar-refractivity contribution is -0.270. The minimum atomic E-state index is -4.84. The van der Waals surface area contributed by atoms with Crippen LogP contribution in [0.3, 0.4) is 0 Å². The molecule has 1 atom stereocenters. The molecular formula is C21H16BrCl2F3N2O2S. The van der Waals surface area contributed by atoms with Gasteiger partial charge >= 0.3 is 6.18 Å². The second-order valence-electron chi connectivity index (χ2n) is 7.47. The molecule has 4 rings (SSSR count). The van der Waals surface area contributed by atoms with E-state index < -0.39 is 11.8 Å². The Morgan fingerprint density at radius 3 is 2.41 bits per heavy atom. The van der Waals surface area contributed by atoms with E-state index in [2.05, 4.69) is 26.7 Å². The molecule has 1 unspecified atom stereocenters. The summed E-state index contributed by atoms with van der Waals surface area (Å²) < 4.78 is 42.8. The third kappa shape index (κ3) is 4.14. The summed E-state index contributed by atoms with van der Waals surface area (Å²) >= 11 is 16.8. The third-order valence-electron chi connectivity index (χ3n) is 5.24. The summed E-state index contributed by atoms with van der Waals surface area (Å²) in [7, 11) is 0. The molecule has 2 aromatic carbocycles. The summed E-state index contributed by atoms with van der Waals surface area (Å²) in [6.45, 7) is 1.73. The fourth-order valence-electron chi connectivity index (χ4n) is 3.52. The van der Waals surface area contributed by atoms with Crippen LogP contribution in [0.4, 0.5) is 13.2 Å². The van der Waals surface area contributed by atoms with Gasteiger partial charge in [-0.2, -0.15) is 24.9 Å². The molecule has 2 aromatic rings. The lowest BCUT2D eigenvalue weighted by atomic mass is 9.91. The molecule has 32 heavy (non-hydrogen) atoms. The van der Waals surface area contributed by atoms with Crippen LogP contribution in [-0.2, 0) is 10.4 Å². The molecule has 2 aliphatic heterocycles. The van der Waals surface area contributed by atoms with E-state index >= 15 is 0 Å². The molecule has 1 amide bonds. The van der Waals surface area contributed by atoms with E-state index in [4.69, 9.17) is 28.0 Å². The van der Waals surface area contributed by atoms with E-state index in [1.54, 1.807) is 36.9 Å². The first-order valence-electron chi connectivity index (χ1n) is 9.40. The number of nitrogens with one attached hydrogen (secondary N) is 2. The molecule has 2 N–H and O–H groups in total. The number of thioether (sulfide) groups is 1. The number of carbonyl (C=O) groups is 1. The molecule has 0 aliphatic carbocycles. The van der Waals surface area contributed by atoms with E-state index in [9.17, 15) is 18.0 Å². The summed E-state index contributed by atoms with van der Waals surface area (Å²) in [6, 6.07) is 8.59. The first-order valence-corrected chi connectivity index (χ1v) is 12.1. The second kappa shape index (κ2) is 8.76. The Balaban J connectivity index is 1.74. The first kappa shape index (κ1) is 23.8. The number of carbonyl (C=O) groups excluding carboxylic acids is 1. The molecule has 0 radical (unpaired) electrons. The summed E-state index contributed by atoms with van der Waals surface area (Å²) in [5, 5.41) is 3.03. The van der Waals surface area contributed by atoms with E-state index in [1.807, 2.05) is 0 Å². The van der Waals surface area contributed by atoms with Crippen molar-refractivity contribution in [2.75, 3.05) is 11.5 Å². The SMILES string of the molecule is Cc1cc(C2=C(Br)C(c3cc(Cl)cc(Cl)c3)(C(F)(F)F)ON2)ccc1C(=O)NC1CSC1. The van der Waals surface area contributed by atoms with Crippen molar-refractivity contribution in [2.24, 2.45) is 0 Å². The van der Waals surface area contributed by atoms with Gasteiger partial charge in [0.1, 0.15) is 0 Å². The fourth-order valence-corrected chi connectivity index (χ4v) is 5.53. The van der Waals surface area contributed by atoms with Crippen LogP contribution in [0.15, 0.2) is 40.9 Å². The van der Waals surface area contributed by atoms with Crippen molar-refractivity contribution in [3.63, 3.8) is 0 Å². The average Bonchev–Trinajstić information content (AvgIpc) is 3.01. The van der Waals surface area contributed by atoms with Gasteiger partial charge in [0.15, 0.2) is 0 Å². The maximum Gasteiger partial charge on any atom is 0.429 e. The number of hydrogen-bond acceptors (Lipinski definition) is 4. The van der Waals surface area contributed by atoms with Crippen LogP contribution in [0.5, 0.6) is 0 Å². The Labute approximate surface area is 204 Å². The molecule has 0 saturated carbocycles. The molecule has 2 aliphatic rings. The monoisotopic (exact) mass is 566 g/mol. The molecule has 0 aromatic heterocycles. The zero-order chi connectivity index (χ0) is 23.3. The molecule has 11 heteroatoms. The molecular weight excluding hydrogens is 552 g/mol. The predicted octanol–water partition coefficient (Wildman–Crippen LogP) is 6.20. The molecule has 0 spiro atoms. The Morgan fingerprint density at radius 2 is 1.88 bits per heavy atom. The number of aryl methyl sites for hydroxylation is 1. The van der Waals surface area contributed by atoms with Gasteiger partial charge in [-0.05, 0) is 58.7 Å². The number of rotatable bonds is 4. The predicted molar refractivity (Wildman–Crippen MR) is 124 cm³/mol. The lowest BCUT2D eigenvalue weighted by Gasteiger charge is -2.30. The Bertz CT molecular complexity index is 1100. The molecule has 2 heterocycles. The van der Waals surface area contributed by atoms with Crippen molar-refractivity contribution in [1.82, 2.24) is 10.8 Å².